The molecule has 1 heterocycles. The van der Waals surface area contributed by atoms with Crippen LogP contribution < -0.4 is 5.32 Å². The molecule has 0 bridgehead atoms. The van der Waals surface area contributed by atoms with Gasteiger partial charge in [0, 0.05) is 0 Å². The highest BCUT2D eigenvalue weighted by atomic mass is 16.2. The average molecular weight is 258 g/mol. The van der Waals surface area contributed by atoms with Crippen LogP contribution in [0, 0.1) is 22.7 Å². The van der Waals surface area contributed by atoms with Gasteiger partial charge in [0.05, 0.1) is 6.07 Å². The number of hydrogen-bond donors (Lipinski definition) is 1. The zero-order chi connectivity index (χ0) is 13.7. The van der Waals surface area contributed by atoms with Crippen LogP contribution in [-0.2, 0) is 11.3 Å². The van der Waals surface area contributed by atoms with E-state index in [0.717, 1.165) is 19.3 Å². The van der Waals surface area contributed by atoms with Crippen molar-refractivity contribution in [2.45, 2.75) is 44.2 Å². The van der Waals surface area contributed by atoms with Crippen molar-refractivity contribution >= 4 is 5.91 Å². The third kappa shape index (κ3) is 3.08. The molecule has 1 aliphatic carbocycles. The van der Waals surface area contributed by atoms with Crippen LogP contribution in [0.3, 0.4) is 0 Å². The van der Waals surface area contributed by atoms with Gasteiger partial charge in [-0.1, -0.05) is 19.3 Å². The zero-order valence-corrected chi connectivity index (χ0v) is 10.5. The fraction of sp³-hybridized carbons (Fsp3) is 0.583. The summed E-state index contributed by atoms with van der Waals surface area (Å²) < 4.78 is 1.29. The zero-order valence-electron chi connectivity index (χ0n) is 10.5. The molecule has 1 aliphatic rings. The Morgan fingerprint density at radius 3 is 2.74 bits per heavy atom. The molecule has 1 aromatic rings. The predicted octanol–water partition coefficient (Wildman–Crippen LogP) is 0.492. The lowest BCUT2D eigenvalue weighted by Gasteiger charge is -2.31. The minimum atomic E-state index is -0.742. The summed E-state index contributed by atoms with van der Waals surface area (Å²) in [6.07, 6.45) is 5.73. The van der Waals surface area contributed by atoms with Gasteiger partial charge < -0.3 is 5.32 Å². The summed E-state index contributed by atoms with van der Waals surface area (Å²) in [5.41, 5.74) is -0.742. The molecule has 1 N–H and O–H groups in total. The van der Waals surface area contributed by atoms with Gasteiger partial charge in [0.25, 0.3) is 5.82 Å². The van der Waals surface area contributed by atoms with E-state index in [1.165, 1.54) is 11.0 Å². The molecular weight excluding hydrogens is 244 g/mol. The molecule has 0 saturated heterocycles. The molecular formula is C12H14N6O. The monoisotopic (exact) mass is 258 g/mol. The van der Waals surface area contributed by atoms with E-state index in [4.69, 9.17) is 5.26 Å². The molecule has 7 nitrogen and oxygen atoms in total. The van der Waals surface area contributed by atoms with E-state index in [-0.39, 0.29) is 18.3 Å². The van der Waals surface area contributed by atoms with Gasteiger partial charge in [-0.15, -0.1) is 5.10 Å². The lowest BCUT2D eigenvalue weighted by molar-refractivity contribution is -0.123. The van der Waals surface area contributed by atoms with Crippen molar-refractivity contribution in [3.8, 4) is 12.1 Å². The van der Waals surface area contributed by atoms with Crippen molar-refractivity contribution in [2.75, 3.05) is 0 Å². The molecule has 0 aromatic carbocycles. The van der Waals surface area contributed by atoms with E-state index in [2.05, 4.69) is 21.5 Å². The number of carbonyl (C=O) groups is 1. The van der Waals surface area contributed by atoms with E-state index in [1.54, 1.807) is 6.07 Å². The Bertz CT molecular complexity index is 543. The molecule has 2 rings (SSSR count). The number of hydrogen-bond acceptors (Lipinski definition) is 5. The Kier molecular flexibility index (Phi) is 3.76. The minimum Gasteiger partial charge on any atom is -0.336 e. The summed E-state index contributed by atoms with van der Waals surface area (Å²) in [5.74, 6) is -0.252. The molecule has 1 aromatic heterocycles. The molecule has 0 unspecified atom stereocenters. The number of amides is 1. The summed E-state index contributed by atoms with van der Waals surface area (Å²) in [5, 5.41) is 24.4. The second kappa shape index (κ2) is 5.49. The number of aromatic nitrogens is 3. The first-order chi connectivity index (χ1) is 9.17. The predicted molar refractivity (Wildman–Crippen MR) is 64.3 cm³/mol. The van der Waals surface area contributed by atoms with Crippen LogP contribution in [0.2, 0.25) is 0 Å². The van der Waals surface area contributed by atoms with Crippen LogP contribution in [0.1, 0.15) is 37.9 Å². The maximum atomic E-state index is 11.9. The van der Waals surface area contributed by atoms with Crippen LogP contribution in [0.5, 0.6) is 0 Å². The van der Waals surface area contributed by atoms with Gasteiger partial charge in [-0.2, -0.15) is 10.5 Å². The van der Waals surface area contributed by atoms with Gasteiger partial charge in [0.2, 0.25) is 5.91 Å². The Morgan fingerprint density at radius 1 is 1.42 bits per heavy atom. The quantitative estimate of drug-likeness (QED) is 0.849. The molecule has 0 atom stereocenters. The van der Waals surface area contributed by atoms with Gasteiger partial charge >= 0.3 is 0 Å². The molecule has 0 spiro atoms. The van der Waals surface area contributed by atoms with Gasteiger partial charge in [0.1, 0.15) is 24.5 Å². The number of nitrogens with one attached hydrogen (secondary N) is 1. The van der Waals surface area contributed by atoms with Crippen molar-refractivity contribution in [1.82, 2.24) is 20.1 Å². The fourth-order valence-corrected chi connectivity index (χ4v) is 2.30. The molecule has 0 radical (unpaired) electrons. The Labute approximate surface area is 110 Å². The highest BCUT2D eigenvalue weighted by molar-refractivity contribution is 5.77. The van der Waals surface area contributed by atoms with Crippen molar-refractivity contribution in [2.24, 2.45) is 0 Å². The smallest absolute Gasteiger partial charge is 0.252 e. The van der Waals surface area contributed by atoms with Crippen molar-refractivity contribution in [3.05, 3.63) is 12.2 Å². The summed E-state index contributed by atoms with van der Waals surface area (Å²) in [6.45, 7) is -0.0297. The topological polar surface area (TPSA) is 107 Å². The van der Waals surface area contributed by atoms with Crippen LogP contribution in [-0.4, -0.2) is 26.2 Å². The van der Waals surface area contributed by atoms with Crippen LogP contribution in [0.4, 0.5) is 0 Å². The second-order valence-electron chi connectivity index (χ2n) is 4.68. The third-order valence-electron chi connectivity index (χ3n) is 3.24. The molecule has 19 heavy (non-hydrogen) atoms. The van der Waals surface area contributed by atoms with E-state index in [1.807, 2.05) is 0 Å². The first-order valence-electron chi connectivity index (χ1n) is 6.19. The third-order valence-corrected chi connectivity index (χ3v) is 3.24. The minimum absolute atomic E-state index is 0.0282. The van der Waals surface area contributed by atoms with Crippen LogP contribution >= 0.6 is 0 Å². The average Bonchev–Trinajstić information content (AvgIpc) is 2.87. The van der Waals surface area contributed by atoms with Gasteiger partial charge in [-0.05, 0) is 12.8 Å². The summed E-state index contributed by atoms with van der Waals surface area (Å²) in [6, 6.07) is 4.01. The molecule has 1 fully saturated rings. The second-order valence-corrected chi connectivity index (χ2v) is 4.68. The van der Waals surface area contributed by atoms with E-state index in [9.17, 15) is 10.1 Å². The van der Waals surface area contributed by atoms with Crippen molar-refractivity contribution in [1.29, 1.82) is 10.5 Å². The summed E-state index contributed by atoms with van der Waals surface area (Å²) in [4.78, 5) is 15.6. The normalized spacial score (nSPS) is 17.2. The molecule has 1 saturated carbocycles. The maximum Gasteiger partial charge on any atom is 0.252 e. The van der Waals surface area contributed by atoms with Crippen molar-refractivity contribution in [3.63, 3.8) is 0 Å². The number of rotatable bonds is 3. The highest BCUT2D eigenvalue weighted by Gasteiger charge is 2.33. The number of carbonyl (C=O) groups excluding carboxylic acids is 1. The standard InChI is InChI=1S/C12H14N6O/c13-6-10-15-9-18(17-10)7-11(19)16-12(8-14)4-2-1-3-5-12/h9H,1-5,7H2,(H,16,19). The first-order valence-corrected chi connectivity index (χ1v) is 6.19. The molecule has 98 valence electrons. The van der Waals surface area contributed by atoms with Crippen LogP contribution in [0.25, 0.3) is 0 Å². The maximum absolute atomic E-state index is 11.9. The van der Waals surface area contributed by atoms with Gasteiger partial charge in [-0.3, -0.25) is 4.79 Å². The summed E-state index contributed by atoms with van der Waals surface area (Å²) >= 11 is 0. The number of nitrogens with zero attached hydrogens (tertiary/aromatic N) is 5. The van der Waals surface area contributed by atoms with Gasteiger partial charge in [0.15, 0.2) is 0 Å². The highest BCUT2D eigenvalue weighted by Crippen LogP contribution is 2.27. The Morgan fingerprint density at radius 2 is 2.16 bits per heavy atom. The summed E-state index contributed by atoms with van der Waals surface area (Å²) in [7, 11) is 0. The Hall–Kier alpha value is -2.41. The van der Waals surface area contributed by atoms with Crippen molar-refractivity contribution < 1.29 is 4.79 Å². The van der Waals surface area contributed by atoms with E-state index < -0.39 is 5.54 Å². The number of nitriles is 2. The van der Waals surface area contributed by atoms with E-state index in [0.29, 0.717) is 12.8 Å². The van der Waals surface area contributed by atoms with Crippen LogP contribution in [0.15, 0.2) is 6.33 Å². The Balaban J connectivity index is 1.97. The fourth-order valence-electron chi connectivity index (χ4n) is 2.30. The molecule has 0 aliphatic heterocycles. The lowest BCUT2D eigenvalue weighted by Crippen LogP contribution is -2.49. The molecule has 1 amide bonds. The first kappa shape index (κ1) is 13.0. The van der Waals surface area contributed by atoms with Gasteiger partial charge in [-0.25, -0.2) is 9.67 Å². The SMILES string of the molecule is N#Cc1ncn(CC(=O)NC2(C#N)CCCCC2)n1. The molecule has 7 heteroatoms. The largest absolute Gasteiger partial charge is 0.336 e. The lowest BCUT2D eigenvalue weighted by atomic mass is 9.83. The van der Waals surface area contributed by atoms with E-state index >= 15 is 0 Å².